The molecule has 0 unspecified atom stereocenters. The first-order valence-electron chi connectivity index (χ1n) is 11.8. The number of amides is 1. The molecule has 35 heavy (non-hydrogen) atoms. The number of imidazole rings is 1. The summed E-state index contributed by atoms with van der Waals surface area (Å²) in [5.41, 5.74) is 3.36. The second kappa shape index (κ2) is 10.5. The summed E-state index contributed by atoms with van der Waals surface area (Å²) in [6.07, 6.45) is 7.45. The number of anilines is 1. The second-order valence-electron chi connectivity index (χ2n) is 8.38. The van der Waals surface area contributed by atoms with Gasteiger partial charge in [-0.25, -0.2) is 14.8 Å². The van der Waals surface area contributed by atoms with Crippen LogP contribution in [0.25, 0.3) is 17.0 Å². The quantitative estimate of drug-likeness (QED) is 0.434. The third-order valence-corrected chi connectivity index (χ3v) is 6.04. The molecule has 0 spiro atoms. The summed E-state index contributed by atoms with van der Waals surface area (Å²) in [5, 5.41) is 3.45. The van der Waals surface area contributed by atoms with Crippen molar-refractivity contribution in [1.82, 2.24) is 24.3 Å². The number of piperidine rings is 1. The van der Waals surface area contributed by atoms with Crippen molar-refractivity contribution in [2.75, 3.05) is 25.0 Å². The standard InChI is InChI=1S/C26H28N6O3/c1-2-34-23-11-13-31(26(33)35-18-19-8-4-3-5-9-19)17-21(23)30-24-16-27-14-20(29-24)22-15-28-25-10-6-7-12-32(22)25/h3-10,12,14-16,21,23H,2,11,13,17-18H2,1H3,(H,29,30)/t21-,23-/m1/s1. The highest BCUT2D eigenvalue weighted by molar-refractivity contribution is 5.68. The number of nitrogens with one attached hydrogen (secondary N) is 1. The lowest BCUT2D eigenvalue weighted by Crippen LogP contribution is -2.53. The molecule has 1 aliphatic rings. The molecule has 2 atom stereocenters. The molecule has 1 saturated heterocycles. The van der Waals surface area contributed by atoms with Gasteiger partial charge in [-0.15, -0.1) is 0 Å². The monoisotopic (exact) mass is 472 g/mol. The van der Waals surface area contributed by atoms with Crippen molar-refractivity contribution in [2.24, 2.45) is 0 Å². The molecule has 1 aliphatic heterocycles. The third kappa shape index (κ3) is 5.25. The molecule has 0 bridgehead atoms. The van der Waals surface area contributed by atoms with Gasteiger partial charge in [0.25, 0.3) is 0 Å². The van der Waals surface area contributed by atoms with E-state index in [9.17, 15) is 4.79 Å². The van der Waals surface area contributed by atoms with Crippen molar-refractivity contribution >= 4 is 17.6 Å². The van der Waals surface area contributed by atoms with E-state index >= 15 is 0 Å². The molecule has 180 valence electrons. The van der Waals surface area contributed by atoms with Crippen LogP contribution in [-0.4, -0.2) is 62.2 Å². The Kier molecular flexibility index (Phi) is 6.85. The minimum absolute atomic E-state index is 0.0561. The van der Waals surface area contributed by atoms with Crippen molar-refractivity contribution in [2.45, 2.75) is 32.1 Å². The Morgan fingerprint density at radius 2 is 1.97 bits per heavy atom. The minimum atomic E-state index is -0.332. The Balaban J connectivity index is 1.29. The number of rotatable bonds is 7. The third-order valence-electron chi connectivity index (χ3n) is 6.04. The van der Waals surface area contributed by atoms with Gasteiger partial charge in [0.2, 0.25) is 0 Å². The molecule has 1 amide bonds. The molecular formula is C26H28N6O3. The van der Waals surface area contributed by atoms with E-state index in [0.717, 1.165) is 16.9 Å². The lowest BCUT2D eigenvalue weighted by Gasteiger charge is -2.38. The fourth-order valence-electron chi connectivity index (χ4n) is 4.33. The molecule has 1 aromatic carbocycles. The molecule has 0 aliphatic carbocycles. The number of aromatic nitrogens is 4. The Hall–Kier alpha value is -3.98. The number of pyridine rings is 1. The van der Waals surface area contributed by atoms with E-state index in [-0.39, 0.29) is 24.8 Å². The number of fused-ring (bicyclic) bond motifs is 1. The zero-order chi connectivity index (χ0) is 24.0. The van der Waals surface area contributed by atoms with Gasteiger partial charge in [0, 0.05) is 25.9 Å². The molecule has 5 rings (SSSR count). The van der Waals surface area contributed by atoms with Crippen molar-refractivity contribution in [3.8, 4) is 11.4 Å². The van der Waals surface area contributed by atoms with Gasteiger partial charge in [-0.2, -0.15) is 0 Å². The van der Waals surface area contributed by atoms with Crippen molar-refractivity contribution in [3.63, 3.8) is 0 Å². The Labute approximate surface area is 203 Å². The fourth-order valence-corrected chi connectivity index (χ4v) is 4.33. The van der Waals surface area contributed by atoms with E-state index in [0.29, 0.717) is 37.6 Å². The maximum absolute atomic E-state index is 12.8. The van der Waals surface area contributed by atoms with Crippen LogP contribution in [0.3, 0.4) is 0 Å². The minimum Gasteiger partial charge on any atom is -0.445 e. The molecule has 3 aromatic heterocycles. The van der Waals surface area contributed by atoms with Gasteiger partial charge in [-0.3, -0.25) is 9.38 Å². The van der Waals surface area contributed by atoms with Crippen LogP contribution in [0.2, 0.25) is 0 Å². The largest absolute Gasteiger partial charge is 0.445 e. The average Bonchev–Trinajstić information content (AvgIpc) is 3.33. The molecule has 4 aromatic rings. The highest BCUT2D eigenvalue weighted by Gasteiger charge is 2.33. The van der Waals surface area contributed by atoms with Crippen LogP contribution in [0.15, 0.2) is 73.3 Å². The van der Waals surface area contributed by atoms with Crippen LogP contribution >= 0.6 is 0 Å². The SMILES string of the molecule is CCO[C@@H]1CCN(C(=O)OCc2ccccc2)C[C@H]1Nc1cncc(-c2cnc3ccccn23)n1. The summed E-state index contributed by atoms with van der Waals surface area (Å²) in [5.74, 6) is 0.614. The second-order valence-corrected chi connectivity index (χ2v) is 8.38. The smallest absolute Gasteiger partial charge is 0.410 e. The summed E-state index contributed by atoms with van der Waals surface area (Å²) in [7, 11) is 0. The first-order chi connectivity index (χ1) is 17.2. The Morgan fingerprint density at radius 1 is 1.11 bits per heavy atom. The fraction of sp³-hybridized carbons (Fsp3) is 0.308. The van der Waals surface area contributed by atoms with Crippen LogP contribution in [0, 0.1) is 0 Å². The van der Waals surface area contributed by atoms with Gasteiger partial charge in [-0.05, 0) is 31.0 Å². The number of hydrogen-bond donors (Lipinski definition) is 1. The van der Waals surface area contributed by atoms with Gasteiger partial charge in [0.05, 0.1) is 36.4 Å². The predicted molar refractivity (Wildman–Crippen MR) is 132 cm³/mol. The summed E-state index contributed by atoms with van der Waals surface area (Å²) in [4.78, 5) is 28.1. The van der Waals surface area contributed by atoms with E-state index in [1.54, 1.807) is 23.5 Å². The van der Waals surface area contributed by atoms with E-state index in [4.69, 9.17) is 14.5 Å². The Morgan fingerprint density at radius 3 is 2.83 bits per heavy atom. The maximum atomic E-state index is 12.8. The maximum Gasteiger partial charge on any atom is 0.410 e. The molecule has 0 saturated carbocycles. The van der Waals surface area contributed by atoms with Gasteiger partial charge < -0.3 is 19.7 Å². The number of nitrogens with zero attached hydrogens (tertiary/aromatic N) is 5. The van der Waals surface area contributed by atoms with E-state index < -0.39 is 0 Å². The number of carbonyl (C=O) groups excluding carboxylic acids is 1. The number of carbonyl (C=O) groups is 1. The van der Waals surface area contributed by atoms with E-state index in [2.05, 4.69) is 15.3 Å². The summed E-state index contributed by atoms with van der Waals surface area (Å²) < 4.78 is 13.5. The number of likely N-dealkylation sites (tertiary alicyclic amines) is 1. The Bertz CT molecular complexity index is 1280. The zero-order valence-corrected chi connectivity index (χ0v) is 19.6. The summed E-state index contributed by atoms with van der Waals surface area (Å²) in [6.45, 7) is 3.83. The van der Waals surface area contributed by atoms with Gasteiger partial charge in [0.1, 0.15) is 23.8 Å². The first kappa shape index (κ1) is 22.8. The molecule has 1 N–H and O–H groups in total. The summed E-state index contributed by atoms with van der Waals surface area (Å²) in [6, 6.07) is 15.4. The molecule has 9 nitrogen and oxygen atoms in total. The van der Waals surface area contributed by atoms with Crippen LogP contribution in [0.5, 0.6) is 0 Å². The van der Waals surface area contributed by atoms with Crippen molar-refractivity contribution in [1.29, 1.82) is 0 Å². The molecule has 9 heteroatoms. The highest BCUT2D eigenvalue weighted by Crippen LogP contribution is 2.22. The molecule has 1 fully saturated rings. The highest BCUT2D eigenvalue weighted by atomic mass is 16.6. The molecule has 0 radical (unpaired) electrons. The van der Waals surface area contributed by atoms with Crippen LogP contribution in [0.4, 0.5) is 10.6 Å². The molecule has 4 heterocycles. The van der Waals surface area contributed by atoms with Crippen LogP contribution < -0.4 is 5.32 Å². The lowest BCUT2D eigenvalue weighted by molar-refractivity contribution is 0.00245. The average molecular weight is 473 g/mol. The van der Waals surface area contributed by atoms with Gasteiger partial charge in [0.15, 0.2) is 0 Å². The van der Waals surface area contributed by atoms with E-state index in [1.807, 2.05) is 66.1 Å². The predicted octanol–water partition coefficient (Wildman–Crippen LogP) is 4.02. The van der Waals surface area contributed by atoms with Crippen LogP contribution in [-0.2, 0) is 16.1 Å². The van der Waals surface area contributed by atoms with Gasteiger partial charge >= 0.3 is 6.09 Å². The van der Waals surface area contributed by atoms with E-state index in [1.165, 1.54) is 0 Å². The number of ether oxygens (including phenoxy) is 2. The zero-order valence-electron chi connectivity index (χ0n) is 19.6. The van der Waals surface area contributed by atoms with Gasteiger partial charge in [-0.1, -0.05) is 36.4 Å². The lowest BCUT2D eigenvalue weighted by atomic mass is 10.0. The normalized spacial score (nSPS) is 17.9. The van der Waals surface area contributed by atoms with Crippen molar-refractivity contribution < 1.29 is 14.3 Å². The summed E-state index contributed by atoms with van der Waals surface area (Å²) >= 11 is 0. The number of benzene rings is 1. The van der Waals surface area contributed by atoms with Crippen molar-refractivity contribution in [3.05, 3.63) is 78.9 Å². The topological polar surface area (TPSA) is 93.9 Å². The van der Waals surface area contributed by atoms with Crippen LogP contribution in [0.1, 0.15) is 18.9 Å². The number of hydrogen-bond acceptors (Lipinski definition) is 7. The first-order valence-corrected chi connectivity index (χ1v) is 11.8. The molecular weight excluding hydrogens is 444 g/mol.